The number of anilines is 1. The summed E-state index contributed by atoms with van der Waals surface area (Å²) in [7, 11) is -3.65. The standard InChI is InChI=1S/C11H16FN3O2S2/c1-3-15(4-2)19(16,17)14-8-5-6-10(12)9(7-8)11(13)18/h5-7,14H,3-4H2,1-2H3,(H2,13,18). The first-order valence-corrected chi connectivity index (χ1v) is 7.53. The van der Waals surface area contributed by atoms with Crippen molar-refractivity contribution in [3.8, 4) is 0 Å². The van der Waals surface area contributed by atoms with Gasteiger partial charge in [0, 0.05) is 18.7 Å². The van der Waals surface area contributed by atoms with E-state index in [1.54, 1.807) is 13.8 Å². The molecule has 0 fully saturated rings. The maximum absolute atomic E-state index is 13.4. The molecule has 5 nitrogen and oxygen atoms in total. The van der Waals surface area contributed by atoms with Gasteiger partial charge in [0.25, 0.3) is 0 Å². The van der Waals surface area contributed by atoms with Crippen LogP contribution in [0.25, 0.3) is 0 Å². The fourth-order valence-corrected chi connectivity index (χ4v) is 2.94. The van der Waals surface area contributed by atoms with Gasteiger partial charge < -0.3 is 5.73 Å². The Kier molecular flexibility index (Phi) is 5.21. The zero-order chi connectivity index (χ0) is 14.6. The molecule has 0 saturated carbocycles. The number of thiocarbonyl (C=S) groups is 1. The molecule has 0 aliphatic rings. The van der Waals surface area contributed by atoms with Crippen LogP contribution in [0.5, 0.6) is 0 Å². The maximum atomic E-state index is 13.4. The molecule has 8 heteroatoms. The Labute approximate surface area is 117 Å². The molecule has 0 unspecified atom stereocenters. The third kappa shape index (κ3) is 3.85. The van der Waals surface area contributed by atoms with Crippen LogP contribution in [0.15, 0.2) is 18.2 Å². The number of hydrogen-bond donors (Lipinski definition) is 2. The molecule has 0 bridgehead atoms. The molecule has 0 aliphatic carbocycles. The van der Waals surface area contributed by atoms with Gasteiger partial charge in [-0.25, -0.2) is 4.39 Å². The molecular formula is C11H16FN3O2S2. The molecule has 0 spiro atoms. The number of nitrogens with one attached hydrogen (secondary N) is 1. The predicted octanol–water partition coefficient (Wildman–Crippen LogP) is 1.46. The van der Waals surface area contributed by atoms with Crippen molar-refractivity contribution in [1.82, 2.24) is 4.31 Å². The number of rotatable bonds is 6. The number of nitrogens with zero attached hydrogens (tertiary/aromatic N) is 1. The van der Waals surface area contributed by atoms with E-state index in [0.717, 1.165) is 6.07 Å². The molecule has 19 heavy (non-hydrogen) atoms. The van der Waals surface area contributed by atoms with E-state index in [9.17, 15) is 12.8 Å². The largest absolute Gasteiger partial charge is 0.389 e. The fraction of sp³-hybridized carbons (Fsp3) is 0.364. The van der Waals surface area contributed by atoms with Gasteiger partial charge in [-0.2, -0.15) is 12.7 Å². The van der Waals surface area contributed by atoms with E-state index in [1.165, 1.54) is 16.4 Å². The Balaban J connectivity index is 3.07. The van der Waals surface area contributed by atoms with Gasteiger partial charge in [-0.1, -0.05) is 26.1 Å². The van der Waals surface area contributed by atoms with Gasteiger partial charge in [-0.15, -0.1) is 0 Å². The number of benzene rings is 1. The van der Waals surface area contributed by atoms with Gasteiger partial charge in [-0.3, -0.25) is 4.72 Å². The Hall–Kier alpha value is -1.25. The first-order chi connectivity index (χ1) is 8.81. The zero-order valence-electron chi connectivity index (χ0n) is 10.7. The van der Waals surface area contributed by atoms with Crippen LogP contribution >= 0.6 is 12.2 Å². The summed E-state index contributed by atoms with van der Waals surface area (Å²) < 4.78 is 41.0. The summed E-state index contributed by atoms with van der Waals surface area (Å²) in [6.45, 7) is 4.14. The van der Waals surface area contributed by atoms with Gasteiger partial charge in [-0.05, 0) is 18.2 Å². The van der Waals surface area contributed by atoms with Crippen molar-refractivity contribution in [3.05, 3.63) is 29.6 Å². The first-order valence-electron chi connectivity index (χ1n) is 5.69. The van der Waals surface area contributed by atoms with Crippen molar-refractivity contribution in [2.75, 3.05) is 17.8 Å². The van der Waals surface area contributed by atoms with E-state index >= 15 is 0 Å². The van der Waals surface area contributed by atoms with Crippen molar-refractivity contribution in [2.45, 2.75) is 13.8 Å². The minimum atomic E-state index is -3.65. The Bertz CT molecular complexity index is 571. The molecule has 1 aromatic carbocycles. The quantitative estimate of drug-likeness (QED) is 0.780. The topological polar surface area (TPSA) is 75.4 Å². The second-order valence-corrected chi connectivity index (χ2v) is 5.86. The SMILES string of the molecule is CCN(CC)S(=O)(=O)Nc1ccc(F)c(C(N)=S)c1. The highest BCUT2D eigenvalue weighted by atomic mass is 32.2. The monoisotopic (exact) mass is 305 g/mol. The van der Waals surface area contributed by atoms with Crippen LogP contribution in [0, 0.1) is 5.82 Å². The zero-order valence-corrected chi connectivity index (χ0v) is 12.3. The van der Waals surface area contributed by atoms with Gasteiger partial charge in [0.05, 0.1) is 5.69 Å². The molecule has 0 saturated heterocycles. The van der Waals surface area contributed by atoms with Crippen molar-refractivity contribution < 1.29 is 12.8 Å². The van der Waals surface area contributed by atoms with Crippen molar-refractivity contribution in [2.24, 2.45) is 5.73 Å². The van der Waals surface area contributed by atoms with E-state index in [4.69, 9.17) is 18.0 Å². The summed E-state index contributed by atoms with van der Waals surface area (Å²) in [5, 5.41) is 0. The molecule has 1 rings (SSSR count). The lowest BCUT2D eigenvalue weighted by atomic mass is 10.2. The van der Waals surface area contributed by atoms with E-state index in [2.05, 4.69) is 4.72 Å². The molecule has 106 valence electrons. The molecule has 0 amide bonds. The summed E-state index contributed by atoms with van der Waals surface area (Å²) in [4.78, 5) is -0.124. The minimum absolute atomic E-state index is 0.00902. The summed E-state index contributed by atoms with van der Waals surface area (Å²) in [5.41, 5.74) is 5.59. The second-order valence-electron chi connectivity index (χ2n) is 3.75. The molecule has 0 heterocycles. The lowest BCUT2D eigenvalue weighted by Gasteiger charge is -2.19. The van der Waals surface area contributed by atoms with Crippen LogP contribution in [-0.2, 0) is 10.2 Å². The van der Waals surface area contributed by atoms with Crippen LogP contribution in [0.3, 0.4) is 0 Å². The molecule has 3 N–H and O–H groups in total. The lowest BCUT2D eigenvalue weighted by Crippen LogP contribution is -2.35. The van der Waals surface area contributed by atoms with Crippen LogP contribution in [0.4, 0.5) is 10.1 Å². The van der Waals surface area contributed by atoms with Gasteiger partial charge >= 0.3 is 10.2 Å². The number of halogens is 1. The summed E-state index contributed by atoms with van der Waals surface area (Å²) in [6.07, 6.45) is 0. The minimum Gasteiger partial charge on any atom is -0.389 e. The van der Waals surface area contributed by atoms with Crippen LogP contribution in [-0.4, -0.2) is 30.8 Å². The summed E-state index contributed by atoms with van der Waals surface area (Å²) in [6, 6.07) is 3.71. The second kappa shape index (κ2) is 6.27. The average molecular weight is 305 g/mol. The highest BCUT2D eigenvalue weighted by Gasteiger charge is 2.19. The van der Waals surface area contributed by atoms with E-state index in [1.807, 2.05) is 0 Å². The first kappa shape index (κ1) is 15.8. The molecular weight excluding hydrogens is 289 g/mol. The lowest BCUT2D eigenvalue weighted by molar-refractivity contribution is 0.449. The van der Waals surface area contributed by atoms with Gasteiger partial charge in [0.1, 0.15) is 10.8 Å². The van der Waals surface area contributed by atoms with E-state index < -0.39 is 16.0 Å². The van der Waals surface area contributed by atoms with Crippen LogP contribution in [0.2, 0.25) is 0 Å². The summed E-state index contributed by atoms with van der Waals surface area (Å²) in [5.74, 6) is -0.585. The Morgan fingerprint density at radius 1 is 1.42 bits per heavy atom. The molecule has 0 aliphatic heterocycles. The third-order valence-electron chi connectivity index (χ3n) is 2.52. The van der Waals surface area contributed by atoms with Crippen LogP contribution < -0.4 is 10.5 Å². The third-order valence-corrected chi connectivity index (χ3v) is 4.43. The fourth-order valence-electron chi connectivity index (χ4n) is 1.55. The predicted molar refractivity (Wildman–Crippen MR) is 77.8 cm³/mol. The molecule has 0 radical (unpaired) electrons. The molecule has 0 atom stereocenters. The number of nitrogens with two attached hydrogens (primary N) is 1. The van der Waals surface area contributed by atoms with Crippen LogP contribution in [0.1, 0.15) is 19.4 Å². The van der Waals surface area contributed by atoms with E-state index in [-0.39, 0.29) is 16.2 Å². The molecule has 1 aromatic rings. The highest BCUT2D eigenvalue weighted by Crippen LogP contribution is 2.17. The average Bonchev–Trinajstić information content (AvgIpc) is 2.32. The highest BCUT2D eigenvalue weighted by molar-refractivity contribution is 7.90. The Morgan fingerprint density at radius 2 is 2.00 bits per heavy atom. The molecule has 0 aromatic heterocycles. The van der Waals surface area contributed by atoms with E-state index in [0.29, 0.717) is 13.1 Å². The van der Waals surface area contributed by atoms with Crippen molar-refractivity contribution in [1.29, 1.82) is 0 Å². The van der Waals surface area contributed by atoms with Crippen molar-refractivity contribution >= 4 is 33.1 Å². The van der Waals surface area contributed by atoms with Gasteiger partial charge in [0.2, 0.25) is 0 Å². The van der Waals surface area contributed by atoms with Gasteiger partial charge in [0.15, 0.2) is 0 Å². The summed E-state index contributed by atoms with van der Waals surface area (Å²) >= 11 is 4.70. The number of hydrogen-bond acceptors (Lipinski definition) is 3. The van der Waals surface area contributed by atoms with Crippen molar-refractivity contribution in [3.63, 3.8) is 0 Å². The smallest absolute Gasteiger partial charge is 0.301 e. The Morgan fingerprint density at radius 3 is 2.47 bits per heavy atom. The normalized spacial score (nSPS) is 11.6. The maximum Gasteiger partial charge on any atom is 0.301 e.